The topological polar surface area (TPSA) is 117 Å². The Labute approximate surface area is 120 Å². The van der Waals surface area contributed by atoms with Gasteiger partial charge >= 0.3 is 0 Å². The number of methoxy groups -OCH3 is 1. The summed E-state index contributed by atoms with van der Waals surface area (Å²) in [5.74, 6) is 0.258. The van der Waals surface area contributed by atoms with Crippen LogP contribution in [0.15, 0.2) is 5.16 Å². The second-order valence-corrected chi connectivity index (χ2v) is 6.80. The zero-order chi connectivity index (χ0) is 15.0. The van der Waals surface area contributed by atoms with Gasteiger partial charge in [-0.05, 0) is 19.3 Å². The van der Waals surface area contributed by atoms with Crippen LogP contribution in [-0.2, 0) is 14.8 Å². The normalized spacial score (nSPS) is 19.4. The predicted molar refractivity (Wildman–Crippen MR) is 76.3 cm³/mol. The molecule has 0 bridgehead atoms. The second kappa shape index (κ2) is 8.40. The molecule has 0 aromatic rings. The van der Waals surface area contributed by atoms with Crippen LogP contribution in [0.25, 0.3) is 0 Å². The third-order valence-corrected chi connectivity index (χ3v) is 4.73. The van der Waals surface area contributed by atoms with Crippen molar-refractivity contribution in [3.63, 3.8) is 0 Å². The Morgan fingerprint density at radius 3 is 2.70 bits per heavy atom. The standard InChI is InChI=1S/C11H24N4O4S/c1-19-7-2-8-20(17,18)14-10-3-5-15(6-4-10)9-11(12)13-16/h10,14,16H,2-9H2,1H3,(H2,12,13). The molecule has 0 unspecified atom stereocenters. The van der Waals surface area contributed by atoms with Gasteiger partial charge in [-0.1, -0.05) is 5.16 Å². The molecular weight excluding hydrogens is 284 g/mol. The first-order valence-corrected chi connectivity index (χ1v) is 8.30. The van der Waals surface area contributed by atoms with Gasteiger partial charge in [-0.25, -0.2) is 13.1 Å². The lowest BCUT2D eigenvalue weighted by atomic mass is 10.1. The Morgan fingerprint density at radius 2 is 2.15 bits per heavy atom. The zero-order valence-corrected chi connectivity index (χ0v) is 12.6. The van der Waals surface area contributed by atoms with Gasteiger partial charge in [0.1, 0.15) is 0 Å². The maximum absolute atomic E-state index is 11.8. The highest BCUT2D eigenvalue weighted by atomic mass is 32.2. The van der Waals surface area contributed by atoms with E-state index in [2.05, 4.69) is 9.88 Å². The molecule has 1 heterocycles. The number of hydrogen-bond donors (Lipinski definition) is 3. The van der Waals surface area contributed by atoms with E-state index in [9.17, 15) is 8.42 Å². The number of nitrogens with two attached hydrogens (primary N) is 1. The van der Waals surface area contributed by atoms with Crippen LogP contribution in [0.3, 0.4) is 0 Å². The first-order chi connectivity index (χ1) is 9.46. The van der Waals surface area contributed by atoms with Gasteiger partial charge in [0.15, 0.2) is 5.84 Å². The molecule has 8 nitrogen and oxygen atoms in total. The molecule has 1 fully saturated rings. The molecule has 0 aromatic carbocycles. The number of ether oxygens (including phenoxy) is 1. The molecule has 118 valence electrons. The molecule has 1 rings (SSSR count). The van der Waals surface area contributed by atoms with Crippen LogP contribution in [0.4, 0.5) is 0 Å². The molecule has 0 saturated carbocycles. The van der Waals surface area contributed by atoms with Gasteiger partial charge in [0.05, 0.1) is 12.3 Å². The molecule has 1 aliphatic heterocycles. The van der Waals surface area contributed by atoms with Crippen molar-refractivity contribution in [2.45, 2.75) is 25.3 Å². The average Bonchev–Trinajstić information content (AvgIpc) is 2.40. The lowest BCUT2D eigenvalue weighted by molar-refractivity contribution is 0.199. The van der Waals surface area contributed by atoms with Crippen LogP contribution < -0.4 is 10.5 Å². The van der Waals surface area contributed by atoms with Gasteiger partial charge in [0.2, 0.25) is 10.0 Å². The number of amidine groups is 1. The summed E-state index contributed by atoms with van der Waals surface area (Å²) in [7, 11) is -1.68. The molecule has 0 aliphatic carbocycles. The summed E-state index contributed by atoms with van der Waals surface area (Å²) >= 11 is 0. The number of nitrogens with zero attached hydrogens (tertiary/aromatic N) is 2. The Hall–Kier alpha value is -0.900. The van der Waals surface area contributed by atoms with E-state index < -0.39 is 10.0 Å². The fraction of sp³-hybridized carbons (Fsp3) is 0.909. The van der Waals surface area contributed by atoms with Crippen molar-refractivity contribution < 1.29 is 18.4 Å². The Morgan fingerprint density at radius 1 is 1.50 bits per heavy atom. The monoisotopic (exact) mass is 308 g/mol. The van der Waals surface area contributed by atoms with E-state index >= 15 is 0 Å². The van der Waals surface area contributed by atoms with E-state index in [-0.39, 0.29) is 17.6 Å². The van der Waals surface area contributed by atoms with Crippen LogP contribution in [-0.4, -0.2) is 69.5 Å². The smallest absolute Gasteiger partial charge is 0.211 e. The quantitative estimate of drug-likeness (QED) is 0.177. The maximum atomic E-state index is 11.8. The van der Waals surface area contributed by atoms with E-state index in [1.165, 1.54) is 0 Å². The summed E-state index contributed by atoms with van der Waals surface area (Å²) in [5.41, 5.74) is 5.44. The molecular formula is C11H24N4O4S. The van der Waals surface area contributed by atoms with Crippen molar-refractivity contribution in [2.24, 2.45) is 10.9 Å². The van der Waals surface area contributed by atoms with Gasteiger partial charge in [-0.3, -0.25) is 4.90 Å². The number of rotatable bonds is 8. The van der Waals surface area contributed by atoms with E-state index in [1.54, 1.807) is 7.11 Å². The molecule has 0 atom stereocenters. The van der Waals surface area contributed by atoms with Crippen LogP contribution in [0.5, 0.6) is 0 Å². The Balaban J connectivity index is 2.31. The average molecular weight is 308 g/mol. The van der Waals surface area contributed by atoms with Crippen molar-refractivity contribution in [3.05, 3.63) is 0 Å². The molecule has 0 radical (unpaired) electrons. The van der Waals surface area contributed by atoms with Crippen LogP contribution >= 0.6 is 0 Å². The zero-order valence-electron chi connectivity index (χ0n) is 11.8. The number of hydrogen-bond acceptors (Lipinski definition) is 6. The Kier molecular flexibility index (Phi) is 7.20. The van der Waals surface area contributed by atoms with Crippen LogP contribution in [0.1, 0.15) is 19.3 Å². The summed E-state index contributed by atoms with van der Waals surface area (Å²) in [6.45, 7) is 2.30. The minimum absolute atomic E-state index is 0.0360. The molecule has 1 saturated heterocycles. The number of piperidine rings is 1. The van der Waals surface area contributed by atoms with Crippen molar-refractivity contribution in [2.75, 3.05) is 39.1 Å². The van der Waals surface area contributed by atoms with Crippen molar-refractivity contribution in [1.29, 1.82) is 0 Å². The van der Waals surface area contributed by atoms with E-state index in [0.717, 1.165) is 25.9 Å². The van der Waals surface area contributed by atoms with E-state index in [4.69, 9.17) is 15.7 Å². The first-order valence-electron chi connectivity index (χ1n) is 6.64. The largest absolute Gasteiger partial charge is 0.409 e. The van der Waals surface area contributed by atoms with Gasteiger partial charge in [0.25, 0.3) is 0 Å². The molecule has 0 spiro atoms. The number of sulfonamides is 1. The highest BCUT2D eigenvalue weighted by molar-refractivity contribution is 7.89. The van der Waals surface area contributed by atoms with Crippen LogP contribution in [0, 0.1) is 0 Å². The minimum Gasteiger partial charge on any atom is -0.409 e. The van der Waals surface area contributed by atoms with Crippen LogP contribution in [0.2, 0.25) is 0 Å². The fourth-order valence-electron chi connectivity index (χ4n) is 2.18. The SMILES string of the molecule is COCCCS(=O)(=O)NC1CCN(CC(N)=NO)CC1. The first kappa shape index (κ1) is 17.2. The number of oxime groups is 1. The van der Waals surface area contributed by atoms with Gasteiger partial charge in [0, 0.05) is 32.8 Å². The summed E-state index contributed by atoms with van der Waals surface area (Å²) in [5, 5.41) is 11.4. The van der Waals surface area contributed by atoms with E-state index in [0.29, 0.717) is 19.6 Å². The van der Waals surface area contributed by atoms with Crippen molar-refractivity contribution >= 4 is 15.9 Å². The van der Waals surface area contributed by atoms with Gasteiger partial charge in [-0.2, -0.15) is 0 Å². The third-order valence-electron chi connectivity index (χ3n) is 3.21. The lowest BCUT2D eigenvalue weighted by Crippen LogP contribution is -2.47. The van der Waals surface area contributed by atoms with Crippen molar-refractivity contribution in [1.82, 2.24) is 9.62 Å². The lowest BCUT2D eigenvalue weighted by Gasteiger charge is -2.31. The molecule has 9 heteroatoms. The Bertz CT molecular complexity index is 405. The molecule has 1 aliphatic rings. The molecule has 4 N–H and O–H groups in total. The van der Waals surface area contributed by atoms with Crippen molar-refractivity contribution in [3.8, 4) is 0 Å². The maximum Gasteiger partial charge on any atom is 0.211 e. The highest BCUT2D eigenvalue weighted by Crippen LogP contribution is 2.11. The van der Waals surface area contributed by atoms with Gasteiger partial charge < -0.3 is 15.7 Å². The fourth-order valence-corrected chi connectivity index (χ4v) is 3.54. The summed E-state index contributed by atoms with van der Waals surface area (Å²) in [4.78, 5) is 2.03. The molecule has 20 heavy (non-hydrogen) atoms. The summed E-state index contributed by atoms with van der Waals surface area (Å²) in [6, 6.07) is -0.0360. The second-order valence-electron chi connectivity index (χ2n) is 4.92. The summed E-state index contributed by atoms with van der Waals surface area (Å²) < 4.78 is 31.2. The predicted octanol–water partition coefficient (Wildman–Crippen LogP) is -0.847. The van der Waals surface area contributed by atoms with Gasteiger partial charge in [-0.15, -0.1) is 0 Å². The van der Waals surface area contributed by atoms with E-state index in [1.807, 2.05) is 4.90 Å². The highest BCUT2D eigenvalue weighted by Gasteiger charge is 2.23. The molecule has 0 aromatic heterocycles. The minimum atomic E-state index is -3.24. The number of nitrogens with one attached hydrogen (secondary N) is 1. The third kappa shape index (κ3) is 6.51. The number of likely N-dealkylation sites (tertiary alicyclic amines) is 1. The summed E-state index contributed by atoms with van der Waals surface area (Å²) in [6.07, 6.45) is 1.94. The molecule has 0 amide bonds.